The van der Waals surface area contributed by atoms with Crippen LogP contribution in [-0.4, -0.2) is 35.6 Å². The molecule has 2 atom stereocenters. The van der Waals surface area contributed by atoms with Crippen LogP contribution < -0.4 is 0 Å². The Morgan fingerprint density at radius 1 is 0.926 bits per heavy atom. The normalized spacial score (nSPS) is 23.9. The first-order valence-electron chi connectivity index (χ1n) is 9.71. The molecule has 2 aliphatic rings. The molecule has 0 radical (unpaired) electrons. The van der Waals surface area contributed by atoms with Crippen molar-refractivity contribution in [3.63, 3.8) is 0 Å². The summed E-state index contributed by atoms with van der Waals surface area (Å²) in [6.45, 7) is 2.74. The van der Waals surface area contributed by atoms with E-state index in [9.17, 15) is 9.90 Å². The molecule has 140 valence electrons. The third-order valence-corrected chi connectivity index (χ3v) is 5.51. The Labute approximate surface area is 160 Å². The number of esters is 1. The van der Waals surface area contributed by atoms with E-state index in [4.69, 9.17) is 4.74 Å². The number of nitrogens with zero attached hydrogens (tertiary/aromatic N) is 1. The van der Waals surface area contributed by atoms with Crippen LogP contribution in [0.5, 0.6) is 0 Å². The number of hydrogen-bond acceptors (Lipinski definition) is 4. The second-order valence-electron chi connectivity index (χ2n) is 7.33. The number of piperidine rings is 1. The number of aliphatic hydroxyl groups is 1. The number of aliphatic hydroxyl groups excluding tert-OH is 1. The van der Waals surface area contributed by atoms with E-state index in [2.05, 4.69) is 4.90 Å². The molecule has 0 bridgehead atoms. The second kappa shape index (κ2) is 7.97. The SMILES string of the molecule is O=C1OC(c2ccccc2)C(CN2CCCCC2)C(O)=C1c1ccccc1. The van der Waals surface area contributed by atoms with Gasteiger partial charge in [0, 0.05) is 6.54 Å². The van der Waals surface area contributed by atoms with E-state index in [0.717, 1.165) is 18.7 Å². The molecule has 2 heterocycles. The summed E-state index contributed by atoms with van der Waals surface area (Å²) in [5.74, 6) is -0.572. The zero-order valence-corrected chi connectivity index (χ0v) is 15.4. The third kappa shape index (κ3) is 3.76. The standard InChI is InChI=1S/C23H25NO3/c25-21-19(16-24-14-8-3-9-15-24)22(18-12-6-2-7-13-18)27-23(26)20(21)17-10-4-1-5-11-17/h1-2,4-7,10-13,19,22,25H,3,8-9,14-16H2. The Morgan fingerprint density at radius 3 is 2.22 bits per heavy atom. The van der Waals surface area contributed by atoms with Crippen LogP contribution in [0.3, 0.4) is 0 Å². The molecule has 0 spiro atoms. The van der Waals surface area contributed by atoms with Gasteiger partial charge < -0.3 is 14.7 Å². The molecule has 0 saturated carbocycles. The average molecular weight is 363 g/mol. The van der Waals surface area contributed by atoms with Crippen molar-refractivity contribution >= 4 is 11.5 Å². The number of cyclic esters (lactones) is 1. The minimum atomic E-state index is -0.465. The largest absolute Gasteiger partial charge is 0.511 e. The highest BCUT2D eigenvalue weighted by molar-refractivity contribution is 6.17. The Morgan fingerprint density at radius 2 is 1.56 bits per heavy atom. The summed E-state index contributed by atoms with van der Waals surface area (Å²) in [5, 5.41) is 11.2. The van der Waals surface area contributed by atoms with Gasteiger partial charge in [0.15, 0.2) is 0 Å². The second-order valence-corrected chi connectivity index (χ2v) is 7.33. The summed E-state index contributed by atoms with van der Waals surface area (Å²) in [5.41, 5.74) is 1.92. The van der Waals surface area contributed by atoms with Crippen molar-refractivity contribution in [1.29, 1.82) is 0 Å². The molecule has 0 amide bonds. The molecule has 2 aliphatic heterocycles. The number of benzene rings is 2. The summed E-state index contributed by atoms with van der Waals surface area (Å²) in [4.78, 5) is 15.2. The Balaban J connectivity index is 1.73. The number of rotatable bonds is 4. The van der Waals surface area contributed by atoms with Crippen molar-refractivity contribution in [2.75, 3.05) is 19.6 Å². The van der Waals surface area contributed by atoms with Crippen LogP contribution in [-0.2, 0) is 9.53 Å². The molecule has 2 unspecified atom stereocenters. The fourth-order valence-electron chi connectivity index (χ4n) is 4.11. The van der Waals surface area contributed by atoms with Crippen molar-refractivity contribution in [2.45, 2.75) is 25.4 Å². The van der Waals surface area contributed by atoms with Crippen molar-refractivity contribution < 1.29 is 14.6 Å². The predicted octanol–water partition coefficient (Wildman–Crippen LogP) is 4.36. The molecule has 2 aromatic rings. The summed E-state index contributed by atoms with van der Waals surface area (Å²) in [6.07, 6.45) is 3.15. The van der Waals surface area contributed by atoms with Gasteiger partial charge in [-0.2, -0.15) is 0 Å². The summed E-state index contributed by atoms with van der Waals surface area (Å²) < 4.78 is 5.88. The first kappa shape index (κ1) is 17.8. The molecule has 1 fully saturated rings. The van der Waals surface area contributed by atoms with Gasteiger partial charge in [0.2, 0.25) is 0 Å². The highest BCUT2D eigenvalue weighted by atomic mass is 16.5. The van der Waals surface area contributed by atoms with Crippen LogP contribution in [0.1, 0.15) is 36.5 Å². The molecule has 1 N–H and O–H groups in total. The monoisotopic (exact) mass is 363 g/mol. The highest BCUT2D eigenvalue weighted by Crippen LogP contribution is 2.40. The summed E-state index contributed by atoms with van der Waals surface area (Å²) >= 11 is 0. The molecule has 4 heteroatoms. The van der Waals surface area contributed by atoms with Crippen molar-refractivity contribution in [3.8, 4) is 0 Å². The molecule has 0 aromatic heterocycles. The van der Waals surface area contributed by atoms with E-state index < -0.39 is 12.1 Å². The van der Waals surface area contributed by atoms with Crippen LogP contribution in [0.25, 0.3) is 5.57 Å². The van der Waals surface area contributed by atoms with Gasteiger partial charge >= 0.3 is 5.97 Å². The van der Waals surface area contributed by atoms with Gasteiger partial charge in [0.25, 0.3) is 0 Å². The fraction of sp³-hybridized carbons (Fsp3) is 0.348. The number of likely N-dealkylation sites (tertiary alicyclic amines) is 1. The maximum absolute atomic E-state index is 12.8. The molecule has 4 rings (SSSR count). The lowest BCUT2D eigenvalue weighted by Crippen LogP contribution is -2.40. The van der Waals surface area contributed by atoms with Gasteiger partial charge in [-0.25, -0.2) is 4.79 Å². The number of carbonyl (C=O) groups excluding carboxylic acids is 1. The van der Waals surface area contributed by atoms with E-state index in [-0.39, 0.29) is 11.7 Å². The molecular weight excluding hydrogens is 338 g/mol. The topological polar surface area (TPSA) is 49.8 Å². The van der Waals surface area contributed by atoms with E-state index >= 15 is 0 Å². The minimum absolute atomic E-state index is 0.150. The lowest BCUT2D eigenvalue weighted by Gasteiger charge is -2.37. The zero-order valence-electron chi connectivity index (χ0n) is 15.4. The van der Waals surface area contributed by atoms with E-state index in [1.807, 2.05) is 60.7 Å². The Bertz CT molecular complexity index is 810. The third-order valence-electron chi connectivity index (χ3n) is 5.51. The molecular formula is C23H25NO3. The van der Waals surface area contributed by atoms with Crippen LogP contribution in [0, 0.1) is 5.92 Å². The number of hydrogen-bond donors (Lipinski definition) is 1. The lowest BCUT2D eigenvalue weighted by molar-refractivity contribution is -0.147. The maximum Gasteiger partial charge on any atom is 0.342 e. The van der Waals surface area contributed by atoms with Crippen molar-refractivity contribution in [3.05, 3.63) is 77.5 Å². The molecule has 4 nitrogen and oxygen atoms in total. The zero-order chi connectivity index (χ0) is 18.6. The Hall–Kier alpha value is -2.59. The van der Waals surface area contributed by atoms with Gasteiger partial charge in [0.05, 0.1) is 5.92 Å². The van der Waals surface area contributed by atoms with Crippen LogP contribution in [0.2, 0.25) is 0 Å². The van der Waals surface area contributed by atoms with Gasteiger partial charge in [-0.3, -0.25) is 0 Å². The van der Waals surface area contributed by atoms with Crippen LogP contribution >= 0.6 is 0 Å². The number of ether oxygens (including phenoxy) is 1. The predicted molar refractivity (Wildman–Crippen MR) is 105 cm³/mol. The summed E-state index contributed by atoms with van der Waals surface area (Å²) in [6, 6.07) is 19.1. The molecule has 2 aromatic carbocycles. The highest BCUT2D eigenvalue weighted by Gasteiger charge is 2.40. The molecule has 0 aliphatic carbocycles. The first-order valence-corrected chi connectivity index (χ1v) is 9.71. The van der Waals surface area contributed by atoms with Crippen LogP contribution in [0.15, 0.2) is 66.4 Å². The van der Waals surface area contributed by atoms with Crippen LogP contribution in [0.4, 0.5) is 0 Å². The average Bonchev–Trinajstić information content (AvgIpc) is 2.72. The van der Waals surface area contributed by atoms with Crippen molar-refractivity contribution in [2.24, 2.45) is 5.92 Å². The Kier molecular flexibility index (Phi) is 5.26. The number of carbonyl (C=O) groups is 1. The fourth-order valence-corrected chi connectivity index (χ4v) is 4.11. The summed E-state index contributed by atoms with van der Waals surface area (Å²) in [7, 11) is 0. The van der Waals surface area contributed by atoms with Gasteiger partial charge in [0.1, 0.15) is 17.4 Å². The van der Waals surface area contributed by atoms with Crippen molar-refractivity contribution in [1.82, 2.24) is 4.90 Å². The molecule has 1 saturated heterocycles. The lowest BCUT2D eigenvalue weighted by atomic mass is 9.86. The first-order chi connectivity index (χ1) is 13.2. The van der Waals surface area contributed by atoms with E-state index in [1.165, 1.54) is 19.3 Å². The van der Waals surface area contributed by atoms with Gasteiger partial charge in [-0.1, -0.05) is 67.1 Å². The van der Waals surface area contributed by atoms with E-state index in [1.54, 1.807) is 0 Å². The minimum Gasteiger partial charge on any atom is -0.511 e. The smallest absolute Gasteiger partial charge is 0.342 e. The quantitative estimate of drug-likeness (QED) is 0.820. The molecule has 27 heavy (non-hydrogen) atoms. The van der Waals surface area contributed by atoms with Gasteiger partial charge in [-0.05, 0) is 37.1 Å². The van der Waals surface area contributed by atoms with E-state index in [0.29, 0.717) is 17.7 Å². The van der Waals surface area contributed by atoms with Gasteiger partial charge in [-0.15, -0.1) is 0 Å². The maximum atomic E-state index is 12.8.